The number of esters is 4. The van der Waals surface area contributed by atoms with E-state index in [0.717, 1.165) is 27.7 Å². The number of carbonyl (C=O) groups is 5. The van der Waals surface area contributed by atoms with Gasteiger partial charge in [-0.2, -0.15) is 0 Å². The molecule has 1 aromatic rings. The van der Waals surface area contributed by atoms with Gasteiger partial charge < -0.3 is 33.7 Å². The van der Waals surface area contributed by atoms with Crippen LogP contribution < -0.4 is 10.1 Å². The number of nitrogens with zero attached hydrogens (tertiary/aromatic N) is 3. The molecular weight excluding hydrogens is 496 g/mol. The summed E-state index contributed by atoms with van der Waals surface area (Å²) >= 11 is 0. The number of hydrogen-bond acceptors (Lipinski definition) is 12. The molecule has 0 radical (unpaired) electrons. The van der Waals surface area contributed by atoms with E-state index in [1.807, 2.05) is 0 Å². The van der Waals surface area contributed by atoms with Gasteiger partial charge in [0.25, 0.3) is 0 Å². The van der Waals surface area contributed by atoms with Crippen LogP contribution >= 0.6 is 0 Å². The lowest BCUT2D eigenvalue weighted by molar-refractivity contribution is -0.288. The number of ether oxygens (including phenoxy) is 6. The Kier molecular flexibility index (Phi) is 10.7. The van der Waals surface area contributed by atoms with Gasteiger partial charge in [-0.15, -0.1) is 0 Å². The van der Waals surface area contributed by atoms with E-state index in [0.29, 0.717) is 5.69 Å². The molecule has 1 heterocycles. The summed E-state index contributed by atoms with van der Waals surface area (Å²) in [5.41, 5.74) is 8.66. The van der Waals surface area contributed by atoms with Crippen LogP contribution in [0.4, 0.5) is 5.69 Å². The van der Waals surface area contributed by atoms with E-state index in [1.165, 1.54) is 24.3 Å². The fourth-order valence-corrected chi connectivity index (χ4v) is 3.33. The Labute approximate surface area is 210 Å². The van der Waals surface area contributed by atoms with Gasteiger partial charge in [-0.1, -0.05) is 5.11 Å². The summed E-state index contributed by atoms with van der Waals surface area (Å²) in [7, 11) is 0. The Morgan fingerprint density at radius 1 is 0.892 bits per heavy atom. The molecule has 1 aromatic carbocycles. The maximum absolute atomic E-state index is 11.9. The van der Waals surface area contributed by atoms with Gasteiger partial charge in [0.2, 0.25) is 18.3 Å². The van der Waals surface area contributed by atoms with E-state index < -0.39 is 67.1 Å². The number of amides is 1. The molecule has 1 fully saturated rings. The van der Waals surface area contributed by atoms with Crippen LogP contribution in [0.2, 0.25) is 0 Å². The molecule has 1 aliphatic heterocycles. The minimum Gasteiger partial charge on any atom is -0.463 e. The number of hydrogen-bond donors (Lipinski definition) is 1. The SMILES string of the molecule is CC(=O)OC[C@H]1O[C@H](Oc2ccc(NC(=O)CN=[N+]=[N-])cc2)[C@H](OC(C)=O)[C@@H](OC(C)=O)[C@H]1OC(C)=O. The third-order valence-electron chi connectivity index (χ3n) is 4.62. The highest BCUT2D eigenvalue weighted by molar-refractivity contribution is 5.92. The third kappa shape index (κ3) is 9.31. The van der Waals surface area contributed by atoms with Crippen LogP contribution in [-0.2, 0) is 47.7 Å². The second-order valence-corrected chi connectivity index (χ2v) is 7.65. The minimum absolute atomic E-state index is 0.189. The summed E-state index contributed by atoms with van der Waals surface area (Å²) in [5, 5.41) is 5.68. The van der Waals surface area contributed by atoms with Crippen LogP contribution in [0.25, 0.3) is 10.4 Å². The van der Waals surface area contributed by atoms with Crippen molar-refractivity contribution in [3.8, 4) is 5.75 Å². The Hall–Kier alpha value is -4.36. The van der Waals surface area contributed by atoms with E-state index in [9.17, 15) is 24.0 Å². The van der Waals surface area contributed by atoms with Gasteiger partial charge in [-0.3, -0.25) is 24.0 Å². The van der Waals surface area contributed by atoms with Crippen molar-refractivity contribution >= 4 is 35.5 Å². The van der Waals surface area contributed by atoms with Crippen molar-refractivity contribution in [1.29, 1.82) is 0 Å². The maximum Gasteiger partial charge on any atom is 0.303 e. The first-order chi connectivity index (χ1) is 17.5. The topological polar surface area (TPSA) is 202 Å². The van der Waals surface area contributed by atoms with Crippen LogP contribution in [0.3, 0.4) is 0 Å². The fraction of sp³-hybridized carbons (Fsp3) is 0.500. The number of nitrogens with one attached hydrogen (secondary N) is 1. The zero-order chi connectivity index (χ0) is 27.5. The maximum atomic E-state index is 11.9. The molecule has 0 unspecified atom stereocenters. The first-order valence-corrected chi connectivity index (χ1v) is 10.9. The second-order valence-electron chi connectivity index (χ2n) is 7.65. The van der Waals surface area contributed by atoms with Gasteiger partial charge in [0, 0.05) is 38.3 Å². The summed E-state index contributed by atoms with van der Waals surface area (Å²) in [4.78, 5) is 61.1. The second kappa shape index (κ2) is 13.7. The Morgan fingerprint density at radius 2 is 1.46 bits per heavy atom. The highest BCUT2D eigenvalue weighted by atomic mass is 16.7. The lowest BCUT2D eigenvalue weighted by atomic mass is 9.98. The zero-order valence-corrected chi connectivity index (χ0v) is 20.4. The summed E-state index contributed by atoms with van der Waals surface area (Å²) < 4.78 is 32.7. The molecule has 15 nitrogen and oxygen atoms in total. The monoisotopic (exact) mass is 522 g/mol. The Morgan fingerprint density at radius 3 is 2.00 bits per heavy atom. The van der Waals surface area contributed by atoms with Crippen LogP contribution in [-0.4, -0.2) is 73.6 Å². The molecule has 1 aliphatic rings. The Bertz CT molecular complexity index is 1060. The summed E-state index contributed by atoms with van der Waals surface area (Å²) in [6.45, 7) is 3.71. The molecule has 1 saturated heterocycles. The van der Waals surface area contributed by atoms with E-state index in [1.54, 1.807) is 0 Å². The molecule has 37 heavy (non-hydrogen) atoms. The number of benzene rings is 1. The van der Waals surface area contributed by atoms with Crippen molar-refractivity contribution in [2.45, 2.75) is 58.4 Å². The average molecular weight is 522 g/mol. The van der Waals surface area contributed by atoms with Gasteiger partial charge >= 0.3 is 23.9 Å². The van der Waals surface area contributed by atoms with Crippen LogP contribution in [0.15, 0.2) is 29.4 Å². The lowest BCUT2D eigenvalue weighted by Gasteiger charge is -2.43. The van der Waals surface area contributed by atoms with Gasteiger partial charge in [-0.05, 0) is 29.8 Å². The van der Waals surface area contributed by atoms with Gasteiger partial charge in [-0.25, -0.2) is 0 Å². The van der Waals surface area contributed by atoms with Gasteiger partial charge in [0.1, 0.15) is 25.0 Å². The number of azide groups is 1. The van der Waals surface area contributed by atoms with E-state index >= 15 is 0 Å². The molecule has 1 N–H and O–H groups in total. The van der Waals surface area contributed by atoms with E-state index in [-0.39, 0.29) is 12.3 Å². The molecule has 2 rings (SSSR count). The van der Waals surface area contributed by atoms with Gasteiger partial charge in [0.05, 0.1) is 0 Å². The smallest absolute Gasteiger partial charge is 0.303 e. The molecule has 0 bridgehead atoms. The first-order valence-electron chi connectivity index (χ1n) is 10.9. The molecule has 1 amide bonds. The van der Waals surface area contributed by atoms with Crippen LogP contribution in [0, 0.1) is 0 Å². The molecular formula is C22H26N4O11. The summed E-state index contributed by atoms with van der Waals surface area (Å²) in [6, 6.07) is 5.87. The quantitative estimate of drug-likeness (QED) is 0.153. The predicted molar refractivity (Wildman–Crippen MR) is 122 cm³/mol. The molecule has 5 atom stereocenters. The van der Waals surface area contributed by atoms with Crippen molar-refractivity contribution in [2.24, 2.45) is 5.11 Å². The molecule has 15 heteroatoms. The summed E-state index contributed by atoms with van der Waals surface area (Å²) in [5.74, 6) is -3.28. The zero-order valence-electron chi connectivity index (χ0n) is 20.4. The number of carbonyl (C=O) groups excluding carboxylic acids is 5. The molecule has 0 aromatic heterocycles. The van der Waals surface area contributed by atoms with Gasteiger partial charge in [0.15, 0.2) is 12.2 Å². The standard InChI is InChI=1S/C22H26N4O11/c1-11(27)32-10-17-19(33-12(2)28)20(34-13(3)29)21(35-14(4)30)22(37-17)36-16-7-5-15(6-8-16)25-18(31)9-24-26-23/h5-8,17,19-22H,9-10H2,1-4H3,(H,25,31)/t17-,19+,20+,21-,22+/m1/s1. The van der Waals surface area contributed by atoms with Crippen molar-refractivity contribution in [3.63, 3.8) is 0 Å². The van der Waals surface area contributed by atoms with Crippen LogP contribution in [0.1, 0.15) is 27.7 Å². The third-order valence-corrected chi connectivity index (χ3v) is 4.62. The molecule has 0 saturated carbocycles. The van der Waals surface area contributed by atoms with E-state index in [2.05, 4.69) is 15.3 Å². The normalized spacial score (nSPS) is 22.4. The minimum atomic E-state index is -1.40. The number of anilines is 1. The highest BCUT2D eigenvalue weighted by Crippen LogP contribution is 2.31. The lowest BCUT2D eigenvalue weighted by Crippen LogP contribution is -2.63. The Balaban J connectivity index is 2.35. The van der Waals surface area contributed by atoms with Crippen molar-refractivity contribution in [2.75, 3.05) is 18.5 Å². The fourth-order valence-electron chi connectivity index (χ4n) is 3.33. The first kappa shape index (κ1) is 28.9. The molecule has 0 spiro atoms. The van der Waals surface area contributed by atoms with E-state index in [4.69, 9.17) is 34.0 Å². The number of rotatable bonds is 10. The summed E-state index contributed by atoms with van der Waals surface area (Å²) in [6.07, 6.45) is -6.62. The molecule has 200 valence electrons. The van der Waals surface area contributed by atoms with Crippen molar-refractivity contribution < 1.29 is 52.4 Å². The van der Waals surface area contributed by atoms with Crippen molar-refractivity contribution in [1.82, 2.24) is 0 Å². The van der Waals surface area contributed by atoms with Crippen LogP contribution in [0.5, 0.6) is 5.75 Å². The highest BCUT2D eigenvalue weighted by Gasteiger charge is 2.53. The largest absolute Gasteiger partial charge is 0.463 e. The molecule has 0 aliphatic carbocycles. The average Bonchev–Trinajstić information content (AvgIpc) is 2.80. The van der Waals surface area contributed by atoms with Crippen molar-refractivity contribution in [3.05, 3.63) is 34.7 Å². The predicted octanol–water partition coefficient (Wildman–Crippen LogP) is 1.40.